The molecule has 2 heterocycles. The number of nitrogens with one attached hydrogen (secondary N) is 2. The van der Waals surface area contributed by atoms with Crippen LogP contribution in [0.25, 0.3) is 0 Å². The second kappa shape index (κ2) is 5.85. The summed E-state index contributed by atoms with van der Waals surface area (Å²) in [6.45, 7) is 5.57. The largest absolute Gasteiger partial charge is 0.385 e. The van der Waals surface area contributed by atoms with Crippen molar-refractivity contribution in [3.05, 3.63) is 24.0 Å². The molecule has 0 bridgehead atoms. The van der Waals surface area contributed by atoms with E-state index in [9.17, 15) is 0 Å². The Kier molecular flexibility index (Phi) is 4.17. The third kappa shape index (κ3) is 3.20. The number of nitrogens with zero attached hydrogens (tertiary/aromatic N) is 1. The van der Waals surface area contributed by atoms with Crippen molar-refractivity contribution in [2.24, 2.45) is 5.92 Å². The zero-order valence-electron chi connectivity index (χ0n) is 10.00. The highest BCUT2D eigenvalue weighted by Gasteiger charge is 2.12. The zero-order valence-corrected chi connectivity index (χ0v) is 10.00. The summed E-state index contributed by atoms with van der Waals surface area (Å²) >= 11 is 0. The van der Waals surface area contributed by atoms with Gasteiger partial charge in [0.1, 0.15) is 0 Å². The van der Waals surface area contributed by atoms with Crippen LogP contribution in [-0.4, -0.2) is 24.6 Å². The number of aryl methyl sites for hydroxylation is 1. The standard InChI is InChI=1S/C13H21N3/c1-2-12-9-13(5-8-15-12)16-10-11-3-6-14-7-4-11/h5,8-9,11,14H,2-4,6-7,10H2,1H3,(H,15,16). The minimum absolute atomic E-state index is 0.819. The molecule has 3 nitrogen and oxygen atoms in total. The quantitative estimate of drug-likeness (QED) is 0.814. The predicted octanol–water partition coefficient (Wildman–Crippen LogP) is 2.06. The van der Waals surface area contributed by atoms with Crippen molar-refractivity contribution in [1.82, 2.24) is 10.3 Å². The summed E-state index contributed by atoms with van der Waals surface area (Å²) in [5.41, 5.74) is 2.38. The lowest BCUT2D eigenvalue weighted by atomic mass is 9.98. The second-order valence-electron chi connectivity index (χ2n) is 4.46. The molecule has 1 fully saturated rings. The van der Waals surface area contributed by atoms with Gasteiger partial charge in [0.2, 0.25) is 0 Å². The van der Waals surface area contributed by atoms with E-state index >= 15 is 0 Å². The first kappa shape index (κ1) is 11.4. The number of hydrogen-bond acceptors (Lipinski definition) is 3. The SMILES string of the molecule is CCc1cc(NCC2CCNCC2)ccn1. The van der Waals surface area contributed by atoms with Gasteiger partial charge in [0.15, 0.2) is 0 Å². The molecule has 0 atom stereocenters. The molecular weight excluding hydrogens is 198 g/mol. The molecule has 16 heavy (non-hydrogen) atoms. The van der Waals surface area contributed by atoms with Gasteiger partial charge < -0.3 is 10.6 Å². The Hall–Kier alpha value is -1.09. The van der Waals surface area contributed by atoms with Crippen molar-refractivity contribution in [2.75, 3.05) is 25.0 Å². The molecule has 0 unspecified atom stereocenters. The highest BCUT2D eigenvalue weighted by molar-refractivity contribution is 5.43. The first-order valence-corrected chi connectivity index (χ1v) is 6.28. The van der Waals surface area contributed by atoms with Crippen molar-refractivity contribution < 1.29 is 0 Å². The number of hydrogen-bond donors (Lipinski definition) is 2. The van der Waals surface area contributed by atoms with Gasteiger partial charge in [0.05, 0.1) is 0 Å². The molecule has 0 amide bonds. The van der Waals surface area contributed by atoms with Crippen LogP contribution < -0.4 is 10.6 Å². The topological polar surface area (TPSA) is 37.0 Å². The van der Waals surface area contributed by atoms with E-state index in [2.05, 4.69) is 34.7 Å². The summed E-state index contributed by atoms with van der Waals surface area (Å²) in [6.07, 6.45) is 5.48. The van der Waals surface area contributed by atoms with Crippen LogP contribution in [0.1, 0.15) is 25.5 Å². The van der Waals surface area contributed by atoms with E-state index in [1.807, 2.05) is 6.20 Å². The van der Waals surface area contributed by atoms with E-state index in [1.165, 1.54) is 31.6 Å². The molecule has 0 aliphatic carbocycles. The van der Waals surface area contributed by atoms with Crippen LogP contribution in [0.15, 0.2) is 18.3 Å². The van der Waals surface area contributed by atoms with E-state index in [1.54, 1.807) is 0 Å². The first-order valence-electron chi connectivity index (χ1n) is 6.28. The molecule has 0 spiro atoms. The Labute approximate surface area is 97.7 Å². The summed E-state index contributed by atoms with van der Waals surface area (Å²) in [6, 6.07) is 4.21. The zero-order chi connectivity index (χ0) is 11.2. The van der Waals surface area contributed by atoms with Crippen LogP contribution in [0, 0.1) is 5.92 Å². The molecule has 2 N–H and O–H groups in total. The first-order chi connectivity index (χ1) is 7.88. The number of rotatable bonds is 4. The van der Waals surface area contributed by atoms with E-state index in [0.29, 0.717) is 0 Å². The fraction of sp³-hybridized carbons (Fsp3) is 0.615. The summed E-state index contributed by atoms with van der Waals surface area (Å²) < 4.78 is 0. The van der Waals surface area contributed by atoms with Crippen LogP contribution in [0.2, 0.25) is 0 Å². The Balaban J connectivity index is 1.83. The molecular formula is C13H21N3. The summed E-state index contributed by atoms with van der Waals surface area (Å²) in [7, 11) is 0. The average molecular weight is 219 g/mol. The van der Waals surface area contributed by atoms with E-state index in [4.69, 9.17) is 0 Å². The molecule has 88 valence electrons. The van der Waals surface area contributed by atoms with Gasteiger partial charge in [-0.15, -0.1) is 0 Å². The molecule has 1 saturated heterocycles. The molecule has 0 aromatic carbocycles. The number of pyridine rings is 1. The minimum atomic E-state index is 0.819. The van der Waals surface area contributed by atoms with Crippen LogP contribution >= 0.6 is 0 Å². The molecule has 0 radical (unpaired) electrons. The molecule has 3 heteroatoms. The predicted molar refractivity (Wildman–Crippen MR) is 67.7 cm³/mol. The Morgan fingerprint density at radius 2 is 2.25 bits per heavy atom. The smallest absolute Gasteiger partial charge is 0.0421 e. The number of anilines is 1. The van der Waals surface area contributed by atoms with Crippen molar-refractivity contribution in [1.29, 1.82) is 0 Å². The highest BCUT2D eigenvalue weighted by Crippen LogP contribution is 2.14. The highest BCUT2D eigenvalue weighted by atomic mass is 14.9. The van der Waals surface area contributed by atoms with Crippen LogP contribution in [0.4, 0.5) is 5.69 Å². The third-order valence-electron chi connectivity index (χ3n) is 3.23. The Morgan fingerprint density at radius 1 is 1.44 bits per heavy atom. The number of piperidine rings is 1. The van der Waals surface area contributed by atoms with Crippen LogP contribution in [0.5, 0.6) is 0 Å². The van der Waals surface area contributed by atoms with Gasteiger partial charge in [-0.3, -0.25) is 4.98 Å². The lowest BCUT2D eigenvalue weighted by Gasteiger charge is -2.23. The fourth-order valence-corrected chi connectivity index (χ4v) is 2.13. The number of aromatic nitrogens is 1. The van der Waals surface area contributed by atoms with E-state index in [0.717, 1.165) is 24.6 Å². The molecule has 1 aromatic rings. The summed E-state index contributed by atoms with van der Waals surface area (Å²) in [4.78, 5) is 4.30. The van der Waals surface area contributed by atoms with Crippen molar-refractivity contribution >= 4 is 5.69 Å². The minimum Gasteiger partial charge on any atom is -0.385 e. The van der Waals surface area contributed by atoms with Crippen molar-refractivity contribution in [3.8, 4) is 0 Å². The van der Waals surface area contributed by atoms with Gasteiger partial charge in [-0.2, -0.15) is 0 Å². The maximum atomic E-state index is 4.30. The van der Waals surface area contributed by atoms with Crippen molar-refractivity contribution in [3.63, 3.8) is 0 Å². The molecule has 0 saturated carbocycles. The summed E-state index contributed by atoms with van der Waals surface area (Å²) in [5.74, 6) is 0.819. The second-order valence-corrected chi connectivity index (χ2v) is 4.46. The summed E-state index contributed by atoms with van der Waals surface area (Å²) in [5, 5.41) is 6.91. The lowest BCUT2D eigenvalue weighted by molar-refractivity contribution is 0.390. The third-order valence-corrected chi connectivity index (χ3v) is 3.23. The van der Waals surface area contributed by atoms with Gasteiger partial charge in [-0.05, 0) is 50.4 Å². The average Bonchev–Trinajstić information content (AvgIpc) is 2.38. The maximum absolute atomic E-state index is 4.30. The van der Waals surface area contributed by atoms with Gasteiger partial charge in [-0.25, -0.2) is 0 Å². The van der Waals surface area contributed by atoms with Crippen LogP contribution in [-0.2, 0) is 6.42 Å². The van der Waals surface area contributed by atoms with E-state index in [-0.39, 0.29) is 0 Å². The maximum Gasteiger partial charge on any atom is 0.0421 e. The van der Waals surface area contributed by atoms with E-state index < -0.39 is 0 Å². The van der Waals surface area contributed by atoms with Gasteiger partial charge >= 0.3 is 0 Å². The Morgan fingerprint density at radius 3 is 3.00 bits per heavy atom. The normalized spacial score (nSPS) is 17.3. The van der Waals surface area contributed by atoms with Gasteiger partial charge in [-0.1, -0.05) is 6.92 Å². The van der Waals surface area contributed by atoms with Crippen molar-refractivity contribution in [2.45, 2.75) is 26.2 Å². The Bertz CT molecular complexity index is 319. The van der Waals surface area contributed by atoms with Crippen LogP contribution in [0.3, 0.4) is 0 Å². The molecule has 1 aliphatic heterocycles. The fourth-order valence-electron chi connectivity index (χ4n) is 2.13. The monoisotopic (exact) mass is 219 g/mol. The lowest BCUT2D eigenvalue weighted by Crippen LogP contribution is -2.31. The van der Waals surface area contributed by atoms with Gasteiger partial charge in [0, 0.05) is 24.1 Å². The molecule has 1 aliphatic rings. The van der Waals surface area contributed by atoms with Gasteiger partial charge in [0.25, 0.3) is 0 Å². The molecule has 2 rings (SSSR count). The molecule has 1 aromatic heterocycles.